The van der Waals surface area contributed by atoms with Gasteiger partial charge in [-0.05, 0) is 39.7 Å². The number of ether oxygens (including phenoxy) is 1. The predicted molar refractivity (Wildman–Crippen MR) is 72.2 cm³/mol. The van der Waals surface area contributed by atoms with Gasteiger partial charge < -0.3 is 4.74 Å². The summed E-state index contributed by atoms with van der Waals surface area (Å²) in [6.07, 6.45) is 2.73. The van der Waals surface area contributed by atoms with Crippen molar-refractivity contribution in [2.75, 3.05) is 0 Å². The first-order valence-corrected chi connectivity index (χ1v) is 6.58. The smallest absolute Gasteiger partial charge is 0.141 e. The summed E-state index contributed by atoms with van der Waals surface area (Å²) in [7, 11) is 0. The van der Waals surface area contributed by atoms with Crippen LogP contribution in [0.4, 0.5) is 4.39 Å². The summed E-state index contributed by atoms with van der Waals surface area (Å²) in [5.41, 5.74) is 1.69. The van der Waals surface area contributed by atoms with Gasteiger partial charge in [-0.15, -0.1) is 11.6 Å². The summed E-state index contributed by atoms with van der Waals surface area (Å²) in [4.78, 5) is 3.76. The fourth-order valence-electron chi connectivity index (χ4n) is 1.44. The maximum absolute atomic E-state index is 12.9. The van der Waals surface area contributed by atoms with Gasteiger partial charge in [0, 0.05) is 17.6 Å². The fraction of sp³-hybridized carbons (Fsp3) is 0.154. The molecule has 5 heteroatoms. The molecule has 0 spiro atoms. The summed E-state index contributed by atoms with van der Waals surface area (Å²) >= 11 is 9.13. The maximum atomic E-state index is 12.9. The van der Waals surface area contributed by atoms with Crippen molar-refractivity contribution in [2.45, 2.75) is 12.5 Å². The molecule has 0 saturated heterocycles. The molecule has 0 aliphatic heterocycles. The van der Waals surface area contributed by atoms with Crippen molar-refractivity contribution in [3.63, 3.8) is 0 Å². The van der Waals surface area contributed by atoms with Crippen LogP contribution in [0.15, 0.2) is 41.1 Å². The van der Waals surface area contributed by atoms with Crippen LogP contribution in [0, 0.1) is 5.82 Å². The van der Waals surface area contributed by atoms with Crippen LogP contribution in [-0.4, -0.2) is 4.98 Å². The van der Waals surface area contributed by atoms with Crippen LogP contribution in [0.25, 0.3) is 0 Å². The summed E-state index contributed by atoms with van der Waals surface area (Å²) in [6.45, 7) is 0.267. The van der Waals surface area contributed by atoms with Crippen molar-refractivity contribution >= 4 is 27.5 Å². The van der Waals surface area contributed by atoms with Gasteiger partial charge in [0.25, 0.3) is 0 Å². The number of hydrogen-bond acceptors (Lipinski definition) is 2. The second-order valence-electron chi connectivity index (χ2n) is 3.70. The minimum Gasteiger partial charge on any atom is -0.488 e. The Morgan fingerprint density at radius 2 is 2.06 bits per heavy atom. The quantitative estimate of drug-likeness (QED) is 0.780. The van der Waals surface area contributed by atoms with E-state index in [0.29, 0.717) is 17.2 Å². The highest BCUT2D eigenvalue weighted by Gasteiger charge is 2.03. The molecule has 0 N–H and O–H groups in total. The van der Waals surface area contributed by atoms with E-state index >= 15 is 0 Å². The number of benzene rings is 1. The normalized spacial score (nSPS) is 10.4. The topological polar surface area (TPSA) is 22.1 Å². The first kappa shape index (κ1) is 13.3. The van der Waals surface area contributed by atoms with Gasteiger partial charge in [0.2, 0.25) is 0 Å². The SMILES string of the molecule is Fc1cncc(COc2ccc(CCl)cc2Br)c1. The number of halogens is 3. The number of nitrogens with zero attached hydrogens (tertiary/aromatic N) is 1. The van der Waals surface area contributed by atoms with Gasteiger partial charge >= 0.3 is 0 Å². The van der Waals surface area contributed by atoms with E-state index in [4.69, 9.17) is 16.3 Å². The molecule has 0 aliphatic rings. The molecule has 2 nitrogen and oxygen atoms in total. The monoisotopic (exact) mass is 329 g/mol. The average Bonchev–Trinajstić information content (AvgIpc) is 2.37. The Balaban J connectivity index is 2.06. The highest BCUT2D eigenvalue weighted by atomic mass is 79.9. The molecule has 0 fully saturated rings. The van der Waals surface area contributed by atoms with Gasteiger partial charge in [-0.1, -0.05) is 6.07 Å². The van der Waals surface area contributed by atoms with Crippen molar-refractivity contribution < 1.29 is 9.13 Å². The zero-order valence-electron chi connectivity index (χ0n) is 9.37. The lowest BCUT2D eigenvalue weighted by molar-refractivity contribution is 0.303. The van der Waals surface area contributed by atoms with Crippen LogP contribution in [0.2, 0.25) is 0 Å². The third kappa shape index (κ3) is 3.43. The van der Waals surface area contributed by atoms with E-state index in [1.54, 1.807) is 6.20 Å². The largest absolute Gasteiger partial charge is 0.488 e. The zero-order chi connectivity index (χ0) is 13.0. The van der Waals surface area contributed by atoms with E-state index in [9.17, 15) is 4.39 Å². The van der Waals surface area contributed by atoms with E-state index in [1.807, 2.05) is 18.2 Å². The lowest BCUT2D eigenvalue weighted by Gasteiger charge is -2.09. The molecule has 0 bridgehead atoms. The molecule has 2 aromatic rings. The van der Waals surface area contributed by atoms with Crippen LogP contribution >= 0.6 is 27.5 Å². The Morgan fingerprint density at radius 3 is 2.72 bits per heavy atom. The van der Waals surface area contributed by atoms with Crippen LogP contribution in [-0.2, 0) is 12.5 Å². The van der Waals surface area contributed by atoms with Crippen LogP contribution in [0.1, 0.15) is 11.1 Å². The van der Waals surface area contributed by atoms with Gasteiger partial charge in [-0.2, -0.15) is 0 Å². The molecule has 0 aliphatic carbocycles. The Labute approximate surface area is 118 Å². The van der Waals surface area contributed by atoms with Gasteiger partial charge in [0.15, 0.2) is 0 Å². The molecule has 1 aromatic heterocycles. The van der Waals surface area contributed by atoms with Crippen molar-refractivity contribution in [2.24, 2.45) is 0 Å². The molecule has 1 heterocycles. The van der Waals surface area contributed by atoms with Crippen molar-refractivity contribution in [3.8, 4) is 5.75 Å². The predicted octanol–water partition coefficient (Wildman–Crippen LogP) is 4.30. The van der Waals surface area contributed by atoms with Crippen LogP contribution < -0.4 is 4.74 Å². The molecule has 0 atom stereocenters. The summed E-state index contributed by atoms with van der Waals surface area (Å²) in [5, 5.41) is 0. The Hall–Kier alpha value is -1.13. The molecule has 0 amide bonds. The van der Waals surface area contributed by atoms with Gasteiger partial charge in [-0.25, -0.2) is 4.39 Å². The number of pyridine rings is 1. The molecule has 94 valence electrons. The summed E-state index contributed by atoms with van der Waals surface area (Å²) < 4.78 is 19.3. The molecular weight excluding hydrogens is 321 g/mol. The highest BCUT2D eigenvalue weighted by Crippen LogP contribution is 2.27. The van der Waals surface area contributed by atoms with Gasteiger partial charge in [0.05, 0.1) is 10.7 Å². The Bertz CT molecular complexity index is 550. The van der Waals surface area contributed by atoms with Crippen molar-refractivity contribution in [1.82, 2.24) is 4.98 Å². The van der Waals surface area contributed by atoms with E-state index in [-0.39, 0.29) is 12.4 Å². The minimum absolute atomic E-state index is 0.267. The molecule has 2 rings (SSSR count). The fourth-order valence-corrected chi connectivity index (χ4v) is 2.15. The first-order valence-electron chi connectivity index (χ1n) is 5.25. The Kier molecular flexibility index (Phi) is 4.55. The Morgan fingerprint density at radius 1 is 1.22 bits per heavy atom. The summed E-state index contributed by atoms with van der Waals surface area (Å²) in [6, 6.07) is 7.01. The molecule has 0 saturated carbocycles. The summed E-state index contributed by atoms with van der Waals surface area (Å²) in [5.74, 6) is 0.771. The van der Waals surface area contributed by atoms with Crippen molar-refractivity contribution in [1.29, 1.82) is 0 Å². The molecular formula is C13H10BrClFNO. The lowest BCUT2D eigenvalue weighted by atomic mass is 10.2. The van der Waals surface area contributed by atoms with Crippen molar-refractivity contribution in [3.05, 3.63) is 58.1 Å². The van der Waals surface area contributed by atoms with Crippen LogP contribution in [0.5, 0.6) is 5.75 Å². The number of alkyl halides is 1. The molecule has 0 unspecified atom stereocenters. The standard InChI is InChI=1S/C13H10BrClFNO/c14-12-4-9(5-15)1-2-13(12)18-8-10-3-11(16)7-17-6-10/h1-4,6-7H,5,8H2. The molecule has 1 aromatic carbocycles. The third-order valence-electron chi connectivity index (χ3n) is 2.31. The lowest BCUT2D eigenvalue weighted by Crippen LogP contribution is -1.97. The van der Waals surface area contributed by atoms with E-state index in [0.717, 1.165) is 16.2 Å². The van der Waals surface area contributed by atoms with E-state index < -0.39 is 0 Å². The number of rotatable bonds is 4. The third-order valence-corrected chi connectivity index (χ3v) is 3.23. The number of hydrogen-bond donors (Lipinski definition) is 0. The molecule has 18 heavy (non-hydrogen) atoms. The van der Waals surface area contributed by atoms with Crippen LogP contribution in [0.3, 0.4) is 0 Å². The van der Waals surface area contributed by atoms with Gasteiger partial charge in [0.1, 0.15) is 18.2 Å². The minimum atomic E-state index is -0.368. The van der Waals surface area contributed by atoms with Gasteiger partial charge in [-0.3, -0.25) is 4.98 Å². The second kappa shape index (κ2) is 6.16. The van der Waals surface area contributed by atoms with E-state index in [2.05, 4.69) is 20.9 Å². The number of aromatic nitrogens is 1. The second-order valence-corrected chi connectivity index (χ2v) is 4.82. The van der Waals surface area contributed by atoms with E-state index in [1.165, 1.54) is 6.07 Å². The zero-order valence-corrected chi connectivity index (χ0v) is 11.7. The first-order chi connectivity index (χ1) is 8.69. The average molecular weight is 331 g/mol. The maximum Gasteiger partial charge on any atom is 0.141 e. The molecule has 0 radical (unpaired) electrons. The highest BCUT2D eigenvalue weighted by molar-refractivity contribution is 9.10.